The Hall–Kier alpha value is -1.60. The maximum Gasteiger partial charge on any atom is 0.390 e. The van der Waals surface area contributed by atoms with Crippen molar-refractivity contribution in [2.75, 3.05) is 19.7 Å². The van der Waals surface area contributed by atoms with Crippen molar-refractivity contribution in [1.29, 1.82) is 0 Å². The second-order valence-electron chi connectivity index (χ2n) is 6.49. The average Bonchev–Trinajstić information content (AvgIpc) is 2.55. The minimum Gasteiger partial charge on any atom is -0.466 e. The molecule has 1 atom stereocenters. The van der Waals surface area contributed by atoms with E-state index in [0.717, 1.165) is 5.56 Å². The molecular formula is C18H24F3NO3. The van der Waals surface area contributed by atoms with Gasteiger partial charge in [0.15, 0.2) is 0 Å². The van der Waals surface area contributed by atoms with Crippen molar-refractivity contribution in [2.24, 2.45) is 5.92 Å². The van der Waals surface area contributed by atoms with Gasteiger partial charge in [-0.25, -0.2) is 0 Å². The summed E-state index contributed by atoms with van der Waals surface area (Å²) in [4.78, 5) is 14.1. The minimum absolute atomic E-state index is 0.0105. The van der Waals surface area contributed by atoms with Crippen molar-refractivity contribution in [3.63, 3.8) is 0 Å². The number of rotatable bonds is 6. The number of esters is 1. The van der Waals surface area contributed by atoms with Crippen LogP contribution in [0.5, 0.6) is 0 Å². The molecule has 4 nitrogen and oxygen atoms in total. The van der Waals surface area contributed by atoms with Crippen molar-refractivity contribution in [1.82, 2.24) is 4.90 Å². The molecule has 1 saturated heterocycles. The van der Waals surface area contributed by atoms with E-state index in [2.05, 4.69) is 4.90 Å². The average molecular weight is 359 g/mol. The molecule has 1 heterocycles. The third-order valence-corrected chi connectivity index (χ3v) is 4.63. The first-order valence-electron chi connectivity index (χ1n) is 8.45. The largest absolute Gasteiger partial charge is 0.466 e. The molecule has 140 valence electrons. The van der Waals surface area contributed by atoms with Gasteiger partial charge in [0.1, 0.15) is 0 Å². The van der Waals surface area contributed by atoms with E-state index in [1.165, 1.54) is 6.92 Å². The summed E-state index contributed by atoms with van der Waals surface area (Å²) in [6.45, 7) is 3.05. The summed E-state index contributed by atoms with van der Waals surface area (Å²) in [6.07, 6.45) is -5.67. The van der Waals surface area contributed by atoms with E-state index in [4.69, 9.17) is 4.74 Å². The molecule has 0 spiro atoms. The Morgan fingerprint density at radius 1 is 1.28 bits per heavy atom. The zero-order chi connectivity index (χ0) is 18.5. The number of benzene rings is 1. The molecule has 1 aliphatic rings. The molecule has 0 aliphatic carbocycles. The van der Waals surface area contributed by atoms with Gasteiger partial charge in [-0.15, -0.1) is 0 Å². The number of likely N-dealkylation sites (tertiary alicyclic amines) is 1. The molecule has 0 radical (unpaired) electrons. The lowest BCUT2D eigenvalue weighted by Gasteiger charge is -2.42. The number of ether oxygens (including phenoxy) is 1. The van der Waals surface area contributed by atoms with Gasteiger partial charge in [-0.1, -0.05) is 30.3 Å². The topological polar surface area (TPSA) is 49.8 Å². The maximum atomic E-state index is 12.9. The molecule has 0 saturated carbocycles. The summed E-state index contributed by atoms with van der Waals surface area (Å²) in [5.41, 5.74) is -0.584. The fraction of sp³-hybridized carbons (Fsp3) is 0.611. The van der Waals surface area contributed by atoms with Gasteiger partial charge in [-0.3, -0.25) is 9.69 Å². The van der Waals surface area contributed by atoms with E-state index >= 15 is 0 Å². The highest BCUT2D eigenvalue weighted by Crippen LogP contribution is 2.38. The number of piperidine rings is 1. The van der Waals surface area contributed by atoms with Crippen LogP contribution in [0, 0.1) is 5.92 Å². The van der Waals surface area contributed by atoms with Crippen LogP contribution >= 0.6 is 0 Å². The smallest absolute Gasteiger partial charge is 0.390 e. The summed E-state index contributed by atoms with van der Waals surface area (Å²) in [7, 11) is 0. The molecule has 1 unspecified atom stereocenters. The van der Waals surface area contributed by atoms with E-state index in [-0.39, 0.29) is 19.4 Å². The minimum atomic E-state index is -4.53. The van der Waals surface area contributed by atoms with Gasteiger partial charge >= 0.3 is 12.1 Å². The van der Waals surface area contributed by atoms with Crippen molar-refractivity contribution in [3.05, 3.63) is 35.9 Å². The molecule has 0 bridgehead atoms. The molecule has 1 aromatic carbocycles. The summed E-state index contributed by atoms with van der Waals surface area (Å²) in [5.74, 6) is -2.55. The number of carbonyl (C=O) groups is 1. The third-order valence-electron chi connectivity index (χ3n) is 4.63. The van der Waals surface area contributed by atoms with Crippen molar-refractivity contribution >= 4 is 5.97 Å². The summed E-state index contributed by atoms with van der Waals surface area (Å²) < 4.78 is 43.4. The van der Waals surface area contributed by atoms with Crippen LogP contribution in [0.4, 0.5) is 13.2 Å². The number of nitrogens with zero attached hydrogens (tertiary/aromatic N) is 1. The van der Waals surface area contributed by atoms with E-state index in [1.807, 2.05) is 30.3 Å². The first-order chi connectivity index (χ1) is 11.7. The standard InChI is InChI=1S/C18H24F3NO3/c1-2-25-16(23)15(12-18(19,20)21)17(24)8-10-22(11-9-17)13-14-6-4-3-5-7-14/h3-7,15,24H,2,8-13H2,1H3. The highest BCUT2D eigenvalue weighted by molar-refractivity contribution is 5.74. The van der Waals surface area contributed by atoms with Crippen LogP contribution in [0.25, 0.3) is 0 Å². The molecule has 0 aromatic heterocycles. The molecule has 1 N–H and O–H groups in total. The van der Waals surface area contributed by atoms with Crippen LogP contribution in [0.3, 0.4) is 0 Å². The highest BCUT2D eigenvalue weighted by Gasteiger charge is 2.49. The predicted octanol–water partition coefficient (Wildman–Crippen LogP) is 3.15. The first kappa shape index (κ1) is 19.7. The predicted molar refractivity (Wildman–Crippen MR) is 86.7 cm³/mol. The van der Waals surface area contributed by atoms with Gasteiger partial charge in [0.05, 0.1) is 24.5 Å². The van der Waals surface area contributed by atoms with Crippen molar-refractivity contribution in [2.45, 2.75) is 44.5 Å². The molecule has 1 aromatic rings. The fourth-order valence-corrected chi connectivity index (χ4v) is 3.26. The van der Waals surface area contributed by atoms with Crippen LogP contribution < -0.4 is 0 Å². The fourth-order valence-electron chi connectivity index (χ4n) is 3.26. The summed E-state index contributed by atoms with van der Waals surface area (Å²) >= 11 is 0. The Bertz CT molecular complexity index is 554. The van der Waals surface area contributed by atoms with Gasteiger partial charge in [0, 0.05) is 19.6 Å². The molecule has 7 heteroatoms. The number of hydrogen-bond acceptors (Lipinski definition) is 4. The second-order valence-corrected chi connectivity index (χ2v) is 6.49. The lowest BCUT2D eigenvalue weighted by atomic mass is 9.77. The zero-order valence-corrected chi connectivity index (χ0v) is 14.3. The van der Waals surface area contributed by atoms with Gasteiger partial charge in [-0.05, 0) is 25.3 Å². The molecule has 0 amide bonds. The quantitative estimate of drug-likeness (QED) is 0.793. The Morgan fingerprint density at radius 2 is 1.88 bits per heavy atom. The molecule has 1 fully saturated rings. The molecule has 2 rings (SSSR count). The Kier molecular flexibility index (Phi) is 6.46. The van der Waals surface area contributed by atoms with Crippen molar-refractivity contribution < 1.29 is 27.8 Å². The van der Waals surface area contributed by atoms with E-state index in [9.17, 15) is 23.1 Å². The normalized spacial score (nSPS) is 19.4. The van der Waals surface area contributed by atoms with Crippen LogP contribution in [0.15, 0.2) is 30.3 Å². The lowest BCUT2D eigenvalue weighted by molar-refractivity contribution is -0.191. The van der Waals surface area contributed by atoms with Crippen molar-refractivity contribution in [3.8, 4) is 0 Å². The number of aliphatic hydroxyl groups is 1. The molecular weight excluding hydrogens is 335 g/mol. The number of halogens is 3. The molecule has 1 aliphatic heterocycles. The molecule has 25 heavy (non-hydrogen) atoms. The van der Waals surface area contributed by atoms with Crippen LogP contribution in [0.1, 0.15) is 31.7 Å². The Morgan fingerprint density at radius 3 is 2.40 bits per heavy atom. The Labute approximate surface area is 145 Å². The highest BCUT2D eigenvalue weighted by atomic mass is 19.4. The lowest BCUT2D eigenvalue weighted by Crippen LogP contribution is -2.52. The summed E-state index contributed by atoms with van der Waals surface area (Å²) in [6, 6.07) is 9.72. The SMILES string of the molecule is CCOC(=O)C(CC(F)(F)F)C1(O)CCN(Cc2ccccc2)CC1. The van der Waals surface area contributed by atoms with E-state index < -0.39 is 30.1 Å². The van der Waals surface area contributed by atoms with E-state index in [0.29, 0.717) is 19.6 Å². The zero-order valence-electron chi connectivity index (χ0n) is 14.3. The van der Waals surface area contributed by atoms with E-state index in [1.54, 1.807) is 0 Å². The maximum absolute atomic E-state index is 12.9. The van der Waals surface area contributed by atoms with Gasteiger partial charge in [0.2, 0.25) is 0 Å². The van der Waals surface area contributed by atoms with Gasteiger partial charge < -0.3 is 9.84 Å². The van der Waals surface area contributed by atoms with Crippen LogP contribution in [-0.2, 0) is 16.1 Å². The monoisotopic (exact) mass is 359 g/mol. The third kappa shape index (κ3) is 5.71. The number of carbonyl (C=O) groups excluding carboxylic acids is 1. The van der Waals surface area contributed by atoms with Crippen LogP contribution in [-0.4, -0.2) is 47.4 Å². The number of alkyl halides is 3. The van der Waals surface area contributed by atoms with Crippen LogP contribution in [0.2, 0.25) is 0 Å². The first-order valence-corrected chi connectivity index (χ1v) is 8.45. The van der Waals surface area contributed by atoms with Gasteiger partial charge in [-0.2, -0.15) is 13.2 Å². The summed E-state index contributed by atoms with van der Waals surface area (Å²) in [5, 5.41) is 10.7. The second kappa shape index (κ2) is 8.19. The Balaban J connectivity index is 2.02. The number of hydrogen-bond donors (Lipinski definition) is 1. The van der Waals surface area contributed by atoms with Gasteiger partial charge in [0.25, 0.3) is 0 Å².